The largest absolute Gasteiger partial charge is 0.496 e. The van der Waals surface area contributed by atoms with Gasteiger partial charge in [-0.3, -0.25) is 4.79 Å². The standard InChI is InChI=1S/C18H23BrO2.C17H21BrO3/c1-11(2)14-7-6-12(3)8-15(14)18-16(20-4)9-13(19)10-17(18)21-5;1-10-5-6-13(11(2)19)14(7-10)17-15(20-3)8-12(18)9-16(17)21-4/h8-10,14-15H,1,6-7H2,2-5H3;7-9,13-14H,5-6H2,1-4H3/t14-,15+;13-,14+/m00/s1/i2*2+1. The Morgan fingerprint density at radius 2 is 1.02 bits per heavy atom. The Kier molecular flexibility index (Phi) is 12.4. The number of hydrogen-bond donors (Lipinski definition) is 0. The SMILES string of the molecule is C=C([13CH3])[C@@H]1CCC(C)=C[C@H]1c1c(OC)cc(Br)cc1OC.COc1cc(Br)cc(OC)c1[C@@H]1C=C(C)CC[C@H]1C([13CH3])=O. The maximum atomic E-state index is 12.0. The lowest BCUT2D eigenvalue weighted by Crippen LogP contribution is -2.23. The second kappa shape index (κ2) is 15.3. The number of allylic oxidation sites excluding steroid dienone is 5. The van der Waals surface area contributed by atoms with E-state index >= 15 is 0 Å². The van der Waals surface area contributed by atoms with Gasteiger partial charge in [0.15, 0.2) is 0 Å². The number of hydrogen-bond acceptors (Lipinski definition) is 5. The summed E-state index contributed by atoms with van der Waals surface area (Å²) in [7, 11) is 6.71. The number of rotatable bonds is 8. The first-order chi connectivity index (χ1) is 19.9. The van der Waals surface area contributed by atoms with Gasteiger partial charge < -0.3 is 18.9 Å². The summed E-state index contributed by atoms with van der Waals surface area (Å²) in [6.07, 6.45) is 8.65. The molecule has 42 heavy (non-hydrogen) atoms. The number of carbonyl (C=O) groups excluding carboxylic acids is 1. The molecule has 0 saturated heterocycles. The molecule has 0 aliphatic heterocycles. The quantitative estimate of drug-likeness (QED) is 0.202. The highest BCUT2D eigenvalue weighted by Crippen LogP contribution is 2.48. The topological polar surface area (TPSA) is 54.0 Å². The second-order valence-electron chi connectivity index (χ2n) is 11.3. The van der Waals surface area contributed by atoms with Crippen LogP contribution in [0.25, 0.3) is 0 Å². The molecular formula is C35H44Br2O5. The molecule has 2 aliphatic rings. The molecule has 2 aromatic rings. The van der Waals surface area contributed by atoms with E-state index in [2.05, 4.69) is 71.4 Å². The average molecular weight is 707 g/mol. The fourth-order valence-electron chi connectivity index (χ4n) is 6.19. The number of ether oxygens (including phenoxy) is 4. The van der Waals surface area contributed by atoms with Crippen LogP contribution in [0.15, 0.2) is 68.7 Å². The third-order valence-corrected chi connectivity index (χ3v) is 9.25. The number of carbonyl (C=O) groups is 1. The van der Waals surface area contributed by atoms with Crippen LogP contribution in [-0.2, 0) is 4.79 Å². The monoisotopic (exact) mass is 704 g/mol. The fourth-order valence-corrected chi connectivity index (χ4v) is 7.02. The van der Waals surface area contributed by atoms with Crippen molar-refractivity contribution in [1.82, 2.24) is 0 Å². The third-order valence-electron chi connectivity index (χ3n) is 8.33. The van der Waals surface area contributed by atoms with Crippen LogP contribution in [-0.4, -0.2) is 34.2 Å². The fraction of sp³-hybridized carbons (Fsp3) is 0.457. The zero-order valence-corrected chi connectivity index (χ0v) is 29.3. The molecule has 0 fully saturated rings. The Morgan fingerprint density at radius 3 is 1.33 bits per heavy atom. The predicted octanol–water partition coefficient (Wildman–Crippen LogP) is 9.98. The molecule has 2 aromatic carbocycles. The molecule has 4 rings (SSSR count). The van der Waals surface area contributed by atoms with Crippen LogP contribution in [0.5, 0.6) is 23.0 Å². The van der Waals surface area contributed by atoms with Crippen molar-refractivity contribution in [2.45, 2.75) is 65.2 Å². The first kappa shape index (κ1) is 34.0. The number of halogens is 2. The van der Waals surface area contributed by atoms with E-state index in [-0.39, 0.29) is 23.5 Å². The van der Waals surface area contributed by atoms with Gasteiger partial charge in [0.05, 0.1) is 28.4 Å². The van der Waals surface area contributed by atoms with Crippen molar-refractivity contribution in [2.75, 3.05) is 28.4 Å². The van der Waals surface area contributed by atoms with Crippen LogP contribution in [0.2, 0.25) is 0 Å². The van der Waals surface area contributed by atoms with E-state index in [1.54, 1.807) is 35.4 Å². The van der Waals surface area contributed by atoms with E-state index in [0.717, 1.165) is 68.8 Å². The molecule has 0 heterocycles. The van der Waals surface area contributed by atoms with Crippen LogP contribution in [0.4, 0.5) is 0 Å². The summed E-state index contributed by atoms with van der Waals surface area (Å²) < 4.78 is 24.2. The minimum atomic E-state index is -0.0160. The third kappa shape index (κ3) is 7.90. The van der Waals surface area contributed by atoms with Crippen molar-refractivity contribution in [1.29, 1.82) is 0 Å². The Bertz CT molecular complexity index is 1210. The lowest BCUT2D eigenvalue weighted by atomic mass is 9.75. The lowest BCUT2D eigenvalue weighted by molar-refractivity contribution is -0.121. The van der Waals surface area contributed by atoms with E-state index in [4.69, 9.17) is 18.9 Å². The molecule has 0 unspecified atom stereocenters. The molecular weight excluding hydrogens is 662 g/mol. The minimum Gasteiger partial charge on any atom is -0.496 e. The smallest absolute Gasteiger partial charge is 0.133 e. The summed E-state index contributed by atoms with van der Waals surface area (Å²) in [6, 6.07) is 7.86. The molecule has 0 N–H and O–H groups in total. The predicted molar refractivity (Wildman–Crippen MR) is 178 cm³/mol. The lowest BCUT2D eigenvalue weighted by Gasteiger charge is -2.32. The molecule has 0 saturated carbocycles. The van der Waals surface area contributed by atoms with Gasteiger partial charge in [-0.15, -0.1) is 0 Å². The molecule has 228 valence electrons. The van der Waals surface area contributed by atoms with Gasteiger partial charge in [0.1, 0.15) is 28.8 Å². The van der Waals surface area contributed by atoms with Crippen LogP contribution < -0.4 is 18.9 Å². The zero-order chi connectivity index (χ0) is 31.1. The van der Waals surface area contributed by atoms with Gasteiger partial charge in [-0.2, -0.15) is 0 Å². The number of benzene rings is 2. The Hall–Kier alpha value is -2.51. The van der Waals surface area contributed by atoms with Crippen molar-refractivity contribution in [2.24, 2.45) is 11.8 Å². The summed E-state index contributed by atoms with van der Waals surface area (Å²) in [4.78, 5) is 12.0. The van der Waals surface area contributed by atoms with Crippen LogP contribution in [0, 0.1) is 11.8 Å². The minimum absolute atomic E-state index is 0.00856. The molecule has 0 bridgehead atoms. The van der Waals surface area contributed by atoms with Crippen LogP contribution >= 0.6 is 31.9 Å². The maximum Gasteiger partial charge on any atom is 0.133 e. The van der Waals surface area contributed by atoms with Crippen molar-refractivity contribution < 1.29 is 23.7 Å². The maximum absolute atomic E-state index is 12.0. The van der Waals surface area contributed by atoms with Crippen molar-refractivity contribution in [3.8, 4) is 23.0 Å². The van der Waals surface area contributed by atoms with Crippen molar-refractivity contribution in [3.63, 3.8) is 0 Å². The number of ketones is 1. The molecule has 0 amide bonds. The first-order valence-corrected chi connectivity index (χ1v) is 15.9. The summed E-state index contributed by atoms with van der Waals surface area (Å²) >= 11 is 6.98. The molecule has 0 radical (unpaired) electrons. The van der Waals surface area contributed by atoms with Crippen molar-refractivity contribution >= 4 is 37.6 Å². The van der Waals surface area contributed by atoms with E-state index in [1.165, 1.54) is 16.7 Å². The van der Waals surface area contributed by atoms with Crippen LogP contribution in [0.1, 0.15) is 76.3 Å². The number of Topliss-reactive ketones (excluding diaryl/α,β-unsaturated/α-hetero) is 1. The van der Waals surface area contributed by atoms with Gasteiger partial charge in [0, 0.05) is 37.8 Å². The van der Waals surface area contributed by atoms with Gasteiger partial charge in [-0.05, 0) is 83.6 Å². The Balaban J connectivity index is 0.000000230. The molecule has 2 aliphatic carbocycles. The van der Waals surface area contributed by atoms with Gasteiger partial charge >= 0.3 is 0 Å². The Morgan fingerprint density at radius 1 is 0.690 bits per heavy atom. The summed E-state index contributed by atoms with van der Waals surface area (Å²) in [5.74, 6) is 4.13. The van der Waals surface area contributed by atoms with E-state index < -0.39 is 0 Å². The van der Waals surface area contributed by atoms with E-state index in [0.29, 0.717) is 5.92 Å². The van der Waals surface area contributed by atoms with Crippen LogP contribution in [0.3, 0.4) is 0 Å². The zero-order valence-electron chi connectivity index (χ0n) is 26.1. The molecule has 0 aromatic heterocycles. The van der Waals surface area contributed by atoms with Gasteiger partial charge in [0.25, 0.3) is 0 Å². The highest BCUT2D eigenvalue weighted by molar-refractivity contribution is 9.10. The normalized spacial score (nSPS) is 21.7. The van der Waals surface area contributed by atoms with Gasteiger partial charge in [-0.1, -0.05) is 67.3 Å². The summed E-state index contributed by atoms with van der Waals surface area (Å²) in [5.41, 5.74) is 6.03. The number of methoxy groups -OCH3 is 4. The van der Waals surface area contributed by atoms with E-state index in [1.807, 2.05) is 24.3 Å². The average Bonchev–Trinajstić information content (AvgIpc) is 2.95. The first-order valence-electron chi connectivity index (χ1n) is 14.3. The molecule has 0 spiro atoms. The van der Waals surface area contributed by atoms with Gasteiger partial charge in [-0.25, -0.2) is 0 Å². The summed E-state index contributed by atoms with van der Waals surface area (Å²) in [6.45, 7) is 12.3. The molecule has 7 heteroatoms. The highest BCUT2D eigenvalue weighted by Gasteiger charge is 2.33. The van der Waals surface area contributed by atoms with E-state index in [9.17, 15) is 4.79 Å². The molecule has 4 atom stereocenters. The Labute approximate surface area is 268 Å². The molecule has 5 nitrogen and oxygen atoms in total. The summed E-state index contributed by atoms with van der Waals surface area (Å²) in [5, 5.41) is 0. The van der Waals surface area contributed by atoms with Crippen molar-refractivity contribution in [3.05, 3.63) is 79.8 Å². The van der Waals surface area contributed by atoms with Gasteiger partial charge in [0.2, 0.25) is 0 Å². The second-order valence-corrected chi connectivity index (χ2v) is 13.1. The highest BCUT2D eigenvalue weighted by atomic mass is 79.9.